The second-order valence-corrected chi connectivity index (χ2v) is 7.21. The summed E-state index contributed by atoms with van der Waals surface area (Å²) < 4.78 is 0. The second-order valence-electron chi connectivity index (χ2n) is 7.21. The van der Waals surface area contributed by atoms with Crippen LogP contribution in [0.1, 0.15) is 12.0 Å². The summed E-state index contributed by atoms with van der Waals surface area (Å²) in [7, 11) is 0. The molecule has 1 amide bonds. The molecule has 0 spiro atoms. The SMILES string of the molecule is O=C(C1CCN(Cc2ccccc2)C1)N1CCN(c2ccccn2)CC1. The number of nitrogens with zero attached hydrogens (tertiary/aromatic N) is 4. The number of amides is 1. The van der Waals surface area contributed by atoms with E-state index in [0.717, 1.165) is 58.1 Å². The number of carbonyl (C=O) groups is 1. The molecule has 26 heavy (non-hydrogen) atoms. The number of aromatic nitrogens is 1. The Morgan fingerprint density at radius 3 is 2.46 bits per heavy atom. The molecule has 1 atom stereocenters. The predicted octanol–water partition coefficient (Wildman–Crippen LogP) is 2.25. The minimum atomic E-state index is 0.153. The Morgan fingerprint density at radius 2 is 1.73 bits per heavy atom. The van der Waals surface area contributed by atoms with Crippen LogP contribution in [-0.4, -0.2) is 60.0 Å². The molecule has 0 bridgehead atoms. The molecule has 5 nitrogen and oxygen atoms in total. The van der Waals surface area contributed by atoms with Crippen LogP contribution < -0.4 is 4.90 Å². The fourth-order valence-corrected chi connectivity index (χ4v) is 3.97. The maximum absolute atomic E-state index is 12.9. The Morgan fingerprint density at radius 1 is 0.962 bits per heavy atom. The summed E-state index contributed by atoms with van der Waals surface area (Å²) in [6.07, 6.45) is 2.80. The molecule has 4 rings (SSSR count). The van der Waals surface area contributed by atoms with Gasteiger partial charge in [0.05, 0.1) is 5.92 Å². The van der Waals surface area contributed by atoms with E-state index in [4.69, 9.17) is 0 Å². The van der Waals surface area contributed by atoms with Gasteiger partial charge in [-0.1, -0.05) is 36.4 Å². The Hall–Kier alpha value is -2.40. The van der Waals surface area contributed by atoms with E-state index in [2.05, 4.69) is 43.9 Å². The zero-order valence-electron chi connectivity index (χ0n) is 15.1. The van der Waals surface area contributed by atoms with Crippen molar-refractivity contribution in [1.29, 1.82) is 0 Å². The average molecular weight is 350 g/mol. The van der Waals surface area contributed by atoms with Gasteiger partial charge in [0.15, 0.2) is 0 Å². The van der Waals surface area contributed by atoms with Gasteiger partial charge >= 0.3 is 0 Å². The standard InChI is InChI=1S/C21H26N4O/c26-21(19-9-11-23(17-19)16-18-6-2-1-3-7-18)25-14-12-24(13-15-25)20-8-4-5-10-22-20/h1-8,10,19H,9,11-17H2. The Labute approximate surface area is 155 Å². The molecule has 2 aliphatic heterocycles. The van der Waals surface area contributed by atoms with E-state index in [-0.39, 0.29) is 5.92 Å². The summed E-state index contributed by atoms with van der Waals surface area (Å²) in [5.74, 6) is 1.50. The van der Waals surface area contributed by atoms with Crippen molar-refractivity contribution < 1.29 is 4.79 Å². The third-order valence-electron chi connectivity index (χ3n) is 5.44. The van der Waals surface area contributed by atoms with Gasteiger partial charge in [0.25, 0.3) is 0 Å². The van der Waals surface area contributed by atoms with Crippen molar-refractivity contribution in [2.24, 2.45) is 5.92 Å². The van der Waals surface area contributed by atoms with Crippen LogP contribution >= 0.6 is 0 Å². The number of likely N-dealkylation sites (tertiary alicyclic amines) is 1. The van der Waals surface area contributed by atoms with Gasteiger partial charge in [-0.25, -0.2) is 4.98 Å². The van der Waals surface area contributed by atoms with Gasteiger partial charge in [-0.3, -0.25) is 9.69 Å². The van der Waals surface area contributed by atoms with Gasteiger partial charge in [0.1, 0.15) is 5.82 Å². The lowest BCUT2D eigenvalue weighted by Gasteiger charge is -2.36. The summed E-state index contributed by atoms with van der Waals surface area (Å²) in [5.41, 5.74) is 1.32. The van der Waals surface area contributed by atoms with Crippen LogP contribution in [0, 0.1) is 5.92 Å². The third-order valence-corrected chi connectivity index (χ3v) is 5.44. The van der Waals surface area contributed by atoms with Crippen molar-refractivity contribution in [2.75, 3.05) is 44.2 Å². The van der Waals surface area contributed by atoms with Gasteiger partial charge in [-0.05, 0) is 30.7 Å². The van der Waals surface area contributed by atoms with Crippen molar-refractivity contribution in [2.45, 2.75) is 13.0 Å². The smallest absolute Gasteiger partial charge is 0.227 e. The maximum Gasteiger partial charge on any atom is 0.227 e. The van der Waals surface area contributed by atoms with Gasteiger partial charge in [-0.2, -0.15) is 0 Å². The monoisotopic (exact) mass is 350 g/mol. The number of benzene rings is 1. The lowest BCUT2D eigenvalue weighted by atomic mass is 10.1. The quantitative estimate of drug-likeness (QED) is 0.848. The van der Waals surface area contributed by atoms with Crippen LogP contribution in [0.15, 0.2) is 54.7 Å². The summed E-state index contributed by atoms with van der Waals surface area (Å²) in [6.45, 7) is 6.16. The van der Waals surface area contributed by atoms with Crippen molar-refractivity contribution in [1.82, 2.24) is 14.8 Å². The molecule has 0 aliphatic carbocycles. The van der Waals surface area contributed by atoms with Crippen molar-refractivity contribution in [3.8, 4) is 0 Å². The van der Waals surface area contributed by atoms with Crippen LogP contribution in [0.4, 0.5) is 5.82 Å². The number of pyridine rings is 1. The Bertz CT molecular complexity index is 709. The van der Waals surface area contributed by atoms with Crippen LogP contribution in [-0.2, 0) is 11.3 Å². The first kappa shape index (κ1) is 17.0. The van der Waals surface area contributed by atoms with E-state index in [1.165, 1.54) is 5.56 Å². The van der Waals surface area contributed by atoms with E-state index in [0.29, 0.717) is 5.91 Å². The van der Waals surface area contributed by atoms with Crippen LogP contribution in [0.2, 0.25) is 0 Å². The first-order valence-corrected chi connectivity index (χ1v) is 9.50. The normalized spacial score (nSPS) is 21.2. The minimum absolute atomic E-state index is 0.153. The fraction of sp³-hybridized carbons (Fsp3) is 0.429. The van der Waals surface area contributed by atoms with Crippen LogP contribution in [0.3, 0.4) is 0 Å². The zero-order chi connectivity index (χ0) is 17.8. The molecule has 0 N–H and O–H groups in total. The number of hydrogen-bond acceptors (Lipinski definition) is 4. The minimum Gasteiger partial charge on any atom is -0.353 e. The molecule has 2 fully saturated rings. The second kappa shape index (κ2) is 7.87. The topological polar surface area (TPSA) is 39.7 Å². The van der Waals surface area contributed by atoms with E-state index >= 15 is 0 Å². The van der Waals surface area contributed by atoms with Gasteiger partial charge < -0.3 is 9.80 Å². The van der Waals surface area contributed by atoms with Crippen molar-refractivity contribution in [3.63, 3.8) is 0 Å². The number of hydrogen-bond donors (Lipinski definition) is 0. The third kappa shape index (κ3) is 3.88. The Kier molecular flexibility index (Phi) is 5.16. The highest BCUT2D eigenvalue weighted by Gasteiger charge is 2.32. The number of rotatable bonds is 4. The summed E-state index contributed by atoms with van der Waals surface area (Å²) in [4.78, 5) is 24.0. The molecule has 2 aromatic rings. The fourth-order valence-electron chi connectivity index (χ4n) is 3.97. The molecule has 2 saturated heterocycles. The molecule has 3 heterocycles. The first-order valence-electron chi connectivity index (χ1n) is 9.50. The highest BCUT2D eigenvalue weighted by Crippen LogP contribution is 2.22. The van der Waals surface area contributed by atoms with Crippen molar-refractivity contribution in [3.05, 3.63) is 60.3 Å². The van der Waals surface area contributed by atoms with Crippen molar-refractivity contribution >= 4 is 11.7 Å². The van der Waals surface area contributed by atoms with E-state index in [1.807, 2.05) is 30.5 Å². The summed E-state index contributed by atoms with van der Waals surface area (Å²) >= 11 is 0. The maximum atomic E-state index is 12.9. The molecule has 1 aromatic heterocycles. The van der Waals surface area contributed by atoms with Crippen LogP contribution in [0.5, 0.6) is 0 Å². The van der Waals surface area contributed by atoms with Crippen LogP contribution in [0.25, 0.3) is 0 Å². The first-order chi connectivity index (χ1) is 12.8. The molecule has 1 aromatic carbocycles. The lowest BCUT2D eigenvalue weighted by Crippen LogP contribution is -2.50. The molecule has 0 radical (unpaired) electrons. The van der Waals surface area contributed by atoms with E-state index < -0.39 is 0 Å². The molecule has 136 valence electrons. The number of anilines is 1. The van der Waals surface area contributed by atoms with Gasteiger partial charge in [0, 0.05) is 45.5 Å². The van der Waals surface area contributed by atoms with Gasteiger partial charge in [-0.15, -0.1) is 0 Å². The lowest BCUT2D eigenvalue weighted by molar-refractivity contribution is -0.135. The highest BCUT2D eigenvalue weighted by atomic mass is 16.2. The largest absolute Gasteiger partial charge is 0.353 e. The zero-order valence-corrected chi connectivity index (χ0v) is 15.1. The molecular weight excluding hydrogens is 324 g/mol. The highest BCUT2D eigenvalue weighted by molar-refractivity contribution is 5.79. The Balaban J connectivity index is 1.28. The van der Waals surface area contributed by atoms with E-state index in [9.17, 15) is 4.79 Å². The molecule has 2 aliphatic rings. The molecular formula is C21H26N4O. The molecule has 1 unspecified atom stereocenters. The van der Waals surface area contributed by atoms with Gasteiger partial charge in [0.2, 0.25) is 5.91 Å². The average Bonchev–Trinajstić information content (AvgIpc) is 3.17. The molecule has 5 heteroatoms. The predicted molar refractivity (Wildman–Crippen MR) is 103 cm³/mol. The number of carbonyl (C=O) groups excluding carboxylic acids is 1. The summed E-state index contributed by atoms with van der Waals surface area (Å²) in [5, 5.41) is 0. The van der Waals surface area contributed by atoms with E-state index in [1.54, 1.807) is 0 Å². The summed E-state index contributed by atoms with van der Waals surface area (Å²) in [6, 6.07) is 16.5. The molecule has 0 saturated carbocycles. The number of piperazine rings is 1.